The maximum absolute atomic E-state index is 2.42. The van der Waals surface area contributed by atoms with Gasteiger partial charge in [-0.1, -0.05) is 32.1 Å². The molecule has 2 rings (SSSR count). The van der Waals surface area contributed by atoms with Crippen LogP contribution in [0.25, 0.3) is 0 Å². The fourth-order valence-electron chi connectivity index (χ4n) is 2.13. The molecule has 0 bridgehead atoms. The van der Waals surface area contributed by atoms with Crippen LogP contribution >= 0.6 is 0 Å². The summed E-state index contributed by atoms with van der Waals surface area (Å²) in [5, 5.41) is 0. The molecule has 0 N–H and O–H groups in total. The highest BCUT2D eigenvalue weighted by atomic mass is 14.2. The largest absolute Gasteiger partial charge is 0.0807 e. The smallest absolute Gasteiger partial charge is 0.00920 e. The van der Waals surface area contributed by atoms with Crippen molar-refractivity contribution in [2.24, 2.45) is 5.92 Å². The van der Waals surface area contributed by atoms with E-state index in [1.807, 2.05) is 0 Å². The summed E-state index contributed by atoms with van der Waals surface area (Å²) in [5.41, 5.74) is 4.74. The zero-order valence-corrected chi connectivity index (χ0v) is 8.64. The molecule has 0 saturated carbocycles. The third-order valence-electron chi connectivity index (χ3n) is 3.02. The first kappa shape index (κ1) is 8.80. The average Bonchev–Trinajstić information content (AvgIpc) is 2.17. The molecular formula is C13H18. The topological polar surface area (TPSA) is 0 Å². The molecule has 0 aromatic carbocycles. The highest BCUT2D eigenvalue weighted by molar-refractivity contribution is 5.44. The van der Waals surface area contributed by atoms with Gasteiger partial charge in [0.15, 0.2) is 0 Å². The minimum atomic E-state index is 0.691. The van der Waals surface area contributed by atoms with Crippen LogP contribution in [0.1, 0.15) is 39.5 Å². The molecule has 70 valence electrons. The second-order valence-corrected chi connectivity index (χ2v) is 4.35. The molecule has 0 heterocycles. The molecule has 0 aromatic heterocycles. The first-order chi connectivity index (χ1) is 6.27. The Bertz CT molecular complexity index is 287. The van der Waals surface area contributed by atoms with Gasteiger partial charge in [-0.2, -0.15) is 0 Å². The number of fused-ring (bicyclic) bond motifs is 1. The predicted octanol–water partition coefficient (Wildman–Crippen LogP) is 4.01. The van der Waals surface area contributed by atoms with Crippen LogP contribution in [0.15, 0.2) is 34.9 Å². The summed E-state index contributed by atoms with van der Waals surface area (Å²) in [5.74, 6) is 0.691. The average molecular weight is 174 g/mol. The molecule has 2 aliphatic carbocycles. The Morgan fingerprint density at radius 3 is 2.77 bits per heavy atom. The summed E-state index contributed by atoms with van der Waals surface area (Å²) < 4.78 is 0. The fraction of sp³-hybridized carbons (Fsp3) is 0.538. The number of hydrogen-bond donors (Lipinski definition) is 0. The summed E-state index contributed by atoms with van der Waals surface area (Å²) in [6, 6.07) is 0. The molecule has 0 nitrogen and oxygen atoms in total. The highest BCUT2D eigenvalue weighted by Gasteiger charge is 2.14. The molecule has 0 unspecified atom stereocenters. The van der Waals surface area contributed by atoms with E-state index in [4.69, 9.17) is 0 Å². The third-order valence-corrected chi connectivity index (χ3v) is 3.02. The summed E-state index contributed by atoms with van der Waals surface area (Å²) in [7, 11) is 0. The highest BCUT2D eigenvalue weighted by Crippen LogP contribution is 2.33. The van der Waals surface area contributed by atoms with Crippen LogP contribution in [0.2, 0.25) is 0 Å². The lowest BCUT2D eigenvalue weighted by atomic mass is 9.84. The van der Waals surface area contributed by atoms with Gasteiger partial charge >= 0.3 is 0 Å². The van der Waals surface area contributed by atoms with Crippen LogP contribution in [0, 0.1) is 5.92 Å². The van der Waals surface area contributed by atoms with Crippen molar-refractivity contribution in [2.75, 3.05) is 0 Å². The summed E-state index contributed by atoms with van der Waals surface area (Å²) in [6.45, 7) is 4.56. The molecule has 0 aliphatic heterocycles. The maximum Gasteiger partial charge on any atom is -0.00920 e. The number of rotatable bonds is 1. The van der Waals surface area contributed by atoms with Crippen LogP contribution in [-0.4, -0.2) is 0 Å². The van der Waals surface area contributed by atoms with Gasteiger partial charge in [0.2, 0.25) is 0 Å². The van der Waals surface area contributed by atoms with Gasteiger partial charge < -0.3 is 0 Å². The van der Waals surface area contributed by atoms with E-state index < -0.39 is 0 Å². The molecule has 13 heavy (non-hydrogen) atoms. The van der Waals surface area contributed by atoms with E-state index in [9.17, 15) is 0 Å². The zero-order chi connectivity index (χ0) is 9.26. The van der Waals surface area contributed by atoms with Gasteiger partial charge in [0.25, 0.3) is 0 Å². The lowest BCUT2D eigenvalue weighted by molar-refractivity contribution is 0.749. The SMILES string of the molecule is CC(C)C1=CCC2=CCCCC2=C1. The van der Waals surface area contributed by atoms with Crippen molar-refractivity contribution >= 4 is 0 Å². The minimum Gasteiger partial charge on any atom is -0.0807 e. The molecule has 0 spiro atoms. The second kappa shape index (κ2) is 3.53. The van der Waals surface area contributed by atoms with Gasteiger partial charge in [-0.15, -0.1) is 0 Å². The van der Waals surface area contributed by atoms with E-state index in [0.29, 0.717) is 5.92 Å². The van der Waals surface area contributed by atoms with E-state index in [0.717, 1.165) is 0 Å². The van der Waals surface area contributed by atoms with Crippen LogP contribution in [0.5, 0.6) is 0 Å². The quantitative estimate of drug-likeness (QED) is 0.563. The number of allylic oxidation sites excluding steroid dienone is 6. The summed E-state index contributed by atoms with van der Waals surface area (Å²) in [6.07, 6.45) is 12.3. The Morgan fingerprint density at radius 2 is 2.00 bits per heavy atom. The first-order valence-electron chi connectivity index (χ1n) is 5.37. The summed E-state index contributed by atoms with van der Waals surface area (Å²) in [4.78, 5) is 0. The van der Waals surface area contributed by atoms with E-state index in [-0.39, 0.29) is 0 Å². The van der Waals surface area contributed by atoms with Crippen LogP contribution in [-0.2, 0) is 0 Å². The molecule has 0 amide bonds. The van der Waals surface area contributed by atoms with Crippen LogP contribution in [0.3, 0.4) is 0 Å². The maximum atomic E-state index is 2.42. The third kappa shape index (κ3) is 1.77. The summed E-state index contributed by atoms with van der Waals surface area (Å²) >= 11 is 0. The Labute approximate surface area is 81.0 Å². The van der Waals surface area contributed by atoms with E-state index in [1.54, 1.807) is 11.1 Å². The van der Waals surface area contributed by atoms with Gasteiger partial charge in [-0.25, -0.2) is 0 Å². The van der Waals surface area contributed by atoms with E-state index in [1.165, 1.54) is 31.3 Å². The molecule has 0 heteroatoms. The molecule has 0 fully saturated rings. The monoisotopic (exact) mass is 174 g/mol. The molecular weight excluding hydrogens is 156 g/mol. The Hall–Kier alpha value is -0.780. The van der Waals surface area contributed by atoms with Crippen molar-refractivity contribution in [1.82, 2.24) is 0 Å². The van der Waals surface area contributed by atoms with Gasteiger partial charge in [0, 0.05) is 0 Å². The van der Waals surface area contributed by atoms with Crippen molar-refractivity contribution in [1.29, 1.82) is 0 Å². The lowest BCUT2D eigenvalue weighted by Gasteiger charge is -2.22. The van der Waals surface area contributed by atoms with Crippen molar-refractivity contribution in [3.05, 3.63) is 34.9 Å². The fourth-order valence-corrected chi connectivity index (χ4v) is 2.13. The van der Waals surface area contributed by atoms with Crippen LogP contribution < -0.4 is 0 Å². The Morgan fingerprint density at radius 1 is 1.15 bits per heavy atom. The Balaban J connectivity index is 2.24. The predicted molar refractivity (Wildman–Crippen MR) is 57.6 cm³/mol. The minimum absolute atomic E-state index is 0.691. The molecule has 0 saturated heterocycles. The van der Waals surface area contributed by atoms with Crippen molar-refractivity contribution in [3.63, 3.8) is 0 Å². The van der Waals surface area contributed by atoms with Crippen molar-refractivity contribution in [2.45, 2.75) is 39.5 Å². The van der Waals surface area contributed by atoms with Crippen LogP contribution in [0.4, 0.5) is 0 Å². The molecule has 0 atom stereocenters. The molecule has 0 aromatic rings. The normalized spacial score (nSPS) is 21.9. The standard InChI is InChI=1S/C13H18/c1-10(2)12-8-7-11-5-3-4-6-13(11)9-12/h5,8-10H,3-4,6-7H2,1-2H3. The van der Waals surface area contributed by atoms with Gasteiger partial charge in [-0.3, -0.25) is 0 Å². The zero-order valence-electron chi connectivity index (χ0n) is 8.64. The molecule has 0 radical (unpaired) electrons. The first-order valence-corrected chi connectivity index (χ1v) is 5.37. The van der Waals surface area contributed by atoms with Gasteiger partial charge in [0.1, 0.15) is 0 Å². The van der Waals surface area contributed by atoms with E-state index in [2.05, 4.69) is 32.1 Å². The number of hydrogen-bond acceptors (Lipinski definition) is 0. The molecule has 2 aliphatic rings. The van der Waals surface area contributed by atoms with Gasteiger partial charge in [0.05, 0.1) is 0 Å². The Kier molecular flexibility index (Phi) is 2.39. The lowest BCUT2D eigenvalue weighted by Crippen LogP contribution is -2.04. The van der Waals surface area contributed by atoms with Crippen molar-refractivity contribution in [3.8, 4) is 0 Å². The van der Waals surface area contributed by atoms with E-state index >= 15 is 0 Å². The van der Waals surface area contributed by atoms with Gasteiger partial charge in [-0.05, 0) is 48.3 Å². The second-order valence-electron chi connectivity index (χ2n) is 4.35. The van der Waals surface area contributed by atoms with Crippen molar-refractivity contribution < 1.29 is 0 Å².